The van der Waals surface area contributed by atoms with Crippen molar-refractivity contribution in [2.45, 2.75) is 33.4 Å². The van der Waals surface area contributed by atoms with Crippen molar-refractivity contribution in [1.82, 2.24) is 30.2 Å². The molecule has 0 saturated carbocycles. The lowest BCUT2D eigenvalue weighted by molar-refractivity contribution is -0.125. The van der Waals surface area contributed by atoms with Gasteiger partial charge in [0.2, 0.25) is 5.91 Å². The van der Waals surface area contributed by atoms with Crippen LogP contribution in [0.1, 0.15) is 36.8 Å². The Labute approximate surface area is 217 Å². The van der Waals surface area contributed by atoms with Crippen molar-refractivity contribution in [1.29, 1.82) is 0 Å². The van der Waals surface area contributed by atoms with Crippen molar-refractivity contribution >= 4 is 22.7 Å². The van der Waals surface area contributed by atoms with E-state index in [0.29, 0.717) is 18.5 Å². The van der Waals surface area contributed by atoms with Gasteiger partial charge in [-0.15, -0.1) is 0 Å². The van der Waals surface area contributed by atoms with Gasteiger partial charge in [-0.05, 0) is 36.2 Å². The third kappa shape index (κ3) is 6.72. The lowest BCUT2D eigenvalue weighted by Gasteiger charge is -2.33. The Kier molecular flexibility index (Phi) is 8.24. The second-order valence-corrected chi connectivity index (χ2v) is 10.9. The molecule has 1 aromatic heterocycles. The maximum atomic E-state index is 13.5. The molecular formula is C28H37FN6O2. The molecule has 1 saturated heterocycles. The number of fused-ring (bicyclic) bond motifs is 1. The van der Waals surface area contributed by atoms with Crippen LogP contribution >= 0.6 is 0 Å². The number of rotatable bonds is 8. The first-order valence-electron chi connectivity index (χ1n) is 12.8. The normalized spacial score (nSPS) is 16.0. The zero-order chi connectivity index (χ0) is 26.6. The number of hydrogen-bond acceptors (Lipinski definition) is 5. The summed E-state index contributed by atoms with van der Waals surface area (Å²) in [4.78, 5) is 31.3. The van der Waals surface area contributed by atoms with Gasteiger partial charge in [0.15, 0.2) is 5.69 Å². The summed E-state index contributed by atoms with van der Waals surface area (Å²) in [6.07, 6.45) is 0. The fraction of sp³-hybridized carbons (Fsp3) is 0.464. The molecule has 1 atom stereocenters. The van der Waals surface area contributed by atoms with E-state index in [2.05, 4.69) is 32.6 Å². The highest BCUT2D eigenvalue weighted by molar-refractivity contribution is 6.06. The highest BCUT2D eigenvalue weighted by Gasteiger charge is 2.34. The fourth-order valence-electron chi connectivity index (χ4n) is 4.56. The summed E-state index contributed by atoms with van der Waals surface area (Å²) in [5, 5.41) is 11.3. The standard InChI is InChI=1S/C28H37FN6O2/c1-28(2,3)25(27(37)30-13-14-34-17-15-33(4)16-18-34)31-26(36)24-22-7-5-6-8-23(22)35(32-24)19-20-9-11-21(29)12-10-20/h5-12,25H,13-19H2,1-4H3,(H,30,37)(H,31,36). The highest BCUT2D eigenvalue weighted by Crippen LogP contribution is 2.23. The molecule has 4 rings (SSSR count). The molecule has 2 heterocycles. The maximum Gasteiger partial charge on any atom is 0.273 e. The van der Waals surface area contributed by atoms with Crippen molar-refractivity contribution in [3.63, 3.8) is 0 Å². The van der Waals surface area contributed by atoms with Crippen molar-refractivity contribution < 1.29 is 14.0 Å². The molecule has 8 nitrogen and oxygen atoms in total. The molecule has 37 heavy (non-hydrogen) atoms. The van der Waals surface area contributed by atoms with Gasteiger partial charge >= 0.3 is 0 Å². The van der Waals surface area contributed by atoms with Crippen LogP contribution in [-0.2, 0) is 11.3 Å². The second kappa shape index (κ2) is 11.4. The number of likely N-dealkylation sites (N-methyl/N-ethyl adjacent to an activating group) is 1. The molecular weight excluding hydrogens is 471 g/mol. The smallest absolute Gasteiger partial charge is 0.273 e. The Morgan fingerprint density at radius 1 is 1.03 bits per heavy atom. The summed E-state index contributed by atoms with van der Waals surface area (Å²) >= 11 is 0. The van der Waals surface area contributed by atoms with Gasteiger partial charge < -0.3 is 15.5 Å². The number of aromatic nitrogens is 2. The van der Waals surface area contributed by atoms with Crippen LogP contribution < -0.4 is 10.6 Å². The van der Waals surface area contributed by atoms with E-state index in [9.17, 15) is 14.0 Å². The van der Waals surface area contributed by atoms with E-state index < -0.39 is 17.4 Å². The lowest BCUT2D eigenvalue weighted by Crippen LogP contribution is -2.55. The SMILES string of the molecule is CN1CCN(CCNC(=O)C(NC(=O)c2nn(Cc3ccc(F)cc3)c3ccccc23)C(C)(C)C)CC1. The summed E-state index contributed by atoms with van der Waals surface area (Å²) < 4.78 is 15.1. The highest BCUT2D eigenvalue weighted by atomic mass is 19.1. The summed E-state index contributed by atoms with van der Waals surface area (Å²) in [6, 6.07) is 13.0. The summed E-state index contributed by atoms with van der Waals surface area (Å²) in [5.41, 5.74) is 1.42. The van der Waals surface area contributed by atoms with Crippen LogP contribution in [0, 0.1) is 11.2 Å². The van der Waals surface area contributed by atoms with Gasteiger partial charge in [-0.25, -0.2) is 4.39 Å². The topological polar surface area (TPSA) is 82.5 Å². The maximum absolute atomic E-state index is 13.5. The number of benzene rings is 2. The molecule has 198 valence electrons. The average Bonchev–Trinajstić information content (AvgIpc) is 3.23. The molecule has 3 aromatic rings. The molecule has 2 N–H and O–H groups in total. The molecule has 2 amide bonds. The lowest BCUT2D eigenvalue weighted by atomic mass is 9.86. The van der Waals surface area contributed by atoms with Gasteiger partial charge in [-0.1, -0.05) is 51.1 Å². The molecule has 1 unspecified atom stereocenters. The van der Waals surface area contributed by atoms with Crippen LogP contribution in [0.4, 0.5) is 4.39 Å². The molecule has 2 aromatic carbocycles. The fourth-order valence-corrected chi connectivity index (χ4v) is 4.56. The Hall–Kier alpha value is -3.30. The van der Waals surface area contributed by atoms with Crippen LogP contribution in [0.25, 0.3) is 10.9 Å². The molecule has 1 fully saturated rings. The predicted molar refractivity (Wildman–Crippen MR) is 143 cm³/mol. The van der Waals surface area contributed by atoms with Gasteiger partial charge in [0, 0.05) is 44.7 Å². The minimum Gasteiger partial charge on any atom is -0.353 e. The largest absolute Gasteiger partial charge is 0.353 e. The minimum atomic E-state index is -0.728. The molecule has 0 aliphatic carbocycles. The number of nitrogens with zero attached hydrogens (tertiary/aromatic N) is 4. The van der Waals surface area contributed by atoms with Crippen LogP contribution in [0.5, 0.6) is 0 Å². The van der Waals surface area contributed by atoms with Crippen LogP contribution in [0.3, 0.4) is 0 Å². The number of halogens is 1. The van der Waals surface area contributed by atoms with E-state index in [1.807, 2.05) is 45.0 Å². The van der Waals surface area contributed by atoms with Gasteiger partial charge in [0.05, 0.1) is 12.1 Å². The monoisotopic (exact) mass is 508 g/mol. The van der Waals surface area contributed by atoms with Gasteiger partial charge in [0.25, 0.3) is 5.91 Å². The molecule has 0 bridgehead atoms. The molecule has 1 aliphatic heterocycles. The summed E-state index contributed by atoms with van der Waals surface area (Å²) in [5.74, 6) is -0.905. The summed E-state index contributed by atoms with van der Waals surface area (Å²) in [7, 11) is 2.12. The summed E-state index contributed by atoms with van der Waals surface area (Å²) in [6.45, 7) is 11.5. The van der Waals surface area contributed by atoms with Crippen LogP contribution in [-0.4, -0.2) is 83.8 Å². The van der Waals surface area contributed by atoms with Gasteiger partial charge in [-0.2, -0.15) is 5.10 Å². The molecule has 9 heteroatoms. The van der Waals surface area contributed by atoms with Crippen molar-refractivity contribution in [3.05, 3.63) is 65.6 Å². The number of para-hydroxylation sites is 1. The van der Waals surface area contributed by atoms with E-state index in [0.717, 1.165) is 43.8 Å². The molecule has 1 aliphatic rings. The number of nitrogens with one attached hydrogen (secondary N) is 2. The molecule has 0 spiro atoms. The number of amides is 2. The third-order valence-electron chi connectivity index (χ3n) is 6.85. The first-order chi connectivity index (χ1) is 17.6. The zero-order valence-corrected chi connectivity index (χ0v) is 22.1. The number of carbonyl (C=O) groups is 2. The number of hydrogen-bond donors (Lipinski definition) is 2. The number of carbonyl (C=O) groups excluding carboxylic acids is 2. The van der Waals surface area contributed by atoms with E-state index in [4.69, 9.17) is 0 Å². The third-order valence-corrected chi connectivity index (χ3v) is 6.85. The first-order valence-corrected chi connectivity index (χ1v) is 12.8. The van der Waals surface area contributed by atoms with Crippen LogP contribution in [0.2, 0.25) is 0 Å². The van der Waals surface area contributed by atoms with Crippen molar-refractivity contribution in [2.24, 2.45) is 5.41 Å². The van der Waals surface area contributed by atoms with E-state index in [-0.39, 0.29) is 17.4 Å². The van der Waals surface area contributed by atoms with E-state index in [1.54, 1.807) is 16.8 Å². The quantitative estimate of drug-likeness (QED) is 0.489. The second-order valence-electron chi connectivity index (χ2n) is 10.9. The predicted octanol–water partition coefficient (Wildman–Crippen LogP) is 2.73. The van der Waals surface area contributed by atoms with E-state index in [1.165, 1.54) is 12.1 Å². The zero-order valence-electron chi connectivity index (χ0n) is 22.1. The van der Waals surface area contributed by atoms with Gasteiger partial charge in [0.1, 0.15) is 11.9 Å². The van der Waals surface area contributed by atoms with E-state index >= 15 is 0 Å². The number of piperazine rings is 1. The van der Waals surface area contributed by atoms with Crippen molar-refractivity contribution in [2.75, 3.05) is 46.3 Å². The van der Waals surface area contributed by atoms with Crippen molar-refractivity contribution in [3.8, 4) is 0 Å². The Morgan fingerprint density at radius 3 is 2.38 bits per heavy atom. The molecule has 0 radical (unpaired) electrons. The minimum absolute atomic E-state index is 0.204. The van der Waals surface area contributed by atoms with Gasteiger partial charge in [-0.3, -0.25) is 19.2 Å². The van der Waals surface area contributed by atoms with Crippen LogP contribution in [0.15, 0.2) is 48.5 Å². The Balaban J connectivity index is 1.47. The Morgan fingerprint density at radius 2 is 1.70 bits per heavy atom. The average molecular weight is 509 g/mol. The Bertz CT molecular complexity index is 1230. The first kappa shape index (κ1) is 26.8.